The summed E-state index contributed by atoms with van der Waals surface area (Å²) in [7, 11) is 0. The van der Waals surface area contributed by atoms with Gasteiger partial charge in [0.05, 0.1) is 0 Å². The summed E-state index contributed by atoms with van der Waals surface area (Å²) >= 11 is 0. The quantitative estimate of drug-likeness (QED) is 0.793. The average Bonchev–Trinajstić information content (AvgIpc) is 2.32. The molecule has 1 aliphatic heterocycles. The third kappa shape index (κ3) is 5.37. The fraction of sp³-hybridized carbons (Fsp3) is 1.00. The molecule has 1 heterocycles. The van der Waals surface area contributed by atoms with Crippen molar-refractivity contribution in [2.45, 2.75) is 73.3 Å². The smallest absolute Gasteiger partial charge is 0.00927 e. The number of hydrogen-bond acceptors (Lipinski definition) is 2. The first-order valence-electron chi connectivity index (χ1n) is 8.69. The molecule has 0 bridgehead atoms. The minimum Gasteiger partial charge on any atom is -0.330 e. The Kier molecular flexibility index (Phi) is 7.00. The highest BCUT2D eigenvalue weighted by atomic mass is 15.2. The topological polar surface area (TPSA) is 29.3 Å². The number of hydrogen-bond donors (Lipinski definition) is 1. The van der Waals surface area contributed by atoms with E-state index in [0.29, 0.717) is 5.41 Å². The first kappa shape index (κ1) is 18.0. The van der Waals surface area contributed by atoms with Crippen molar-refractivity contribution in [2.75, 3.05) is 19.6 Å². The second kappa shape index (κ2) is 7.79. The summed E-state index contributed by atoms with van der Waals surface area (Å²) in [5, 5.41) is 0. The Morgan fingerprint density at radius 1 is 1.15 bits per heavy atom. The van der Waals surface area contributed by atoms with Gasteiger partial charge in [0.25, 0.3) is 0 Å². The molecule has 1 saturated heterocycles. The van der Waals surface area contributed by atoms with Crippen LogP contribution in [0.5, 0.6) is 0 Å². The maximum absolute atomic E-state index is 5.79. The first-order valence-corrected chi connectivity index (χ1v) is 8.69. The zero-order chi connectivity index (χ0) is 15.3. The van der Waals surface area contributed by atoms with Crippen LogP contribution in [-0.4, -0.2) is 30.6 Å². The first-order chi connectivity index (χ1) is 9.25. The van der Waals surface area contributed by atoms with E-state index in [-0.39, 0.29) is 0 Å². The Morgan fingerprint density at radius 2 is 1.80 bits per heavy atom. The van der Waals surface area contributed by atoms with E-state index in [0.717, 1.165) is 30.3 Å². The fourth-order valence-electron chi connectivity index (χ4n) is 3.88. The van der Waals surface area contributed by atoms with Crippen molar-refractivity contribution < 1.29 is 0 Å². The average molecular weight is 283 g/mol. The van der Waals surface area contributed by atoms with E-state index in [2.05, 4.69) is 46.4 Å². The molecule has 2 heteroatoms. The van der Waals surface area contributed by atoms with Gasteiger partial charge in [0, 0.05) is 12.6 Å². The van der Waals surface area contributed by atoms with Gasteiger partial charge in [-0.1, -0.05) is 34.6 Å². The van der Waals surface area contributed by atoms with Gasteiger partial charge in [-0.05, 0) is 68.9 Å². The summed E-state index contributed by atoms with van der Waals surface area (Å²) in [4.78, 5) is 2.72. The summed E-state index contributed by atoms with van der Waals surface area (Å²) in [6.07, 6.45) is 5.22. The lowest BCUT2D eigenvalue weighted by molar-refractivity contribution is 0.0740. The molecule has 120 valence electrons. The molecule has 0 aromatic heterocycles. The molecule has 4 unspecified atom stereocenters. The largest absolute Gasteiger partial charge is 0.330 e. The molecule has 0 aromatic carbocycles. The summed E-state index contributed by atoms with van der Waals surface area (Å²) in [6.45, 7) is 17.7. The lowest BCUT2D eigenvalue weighted by Crippen LogP contribution is -2.46. The normalized spacial score (nSPS) is 30.4. The molecule has 4 atom stereocenters. The highest BCUT2D eigenvalue weighted by Gasteiger charge is 2.29. The molecule has 0 aromatic rings. The molecule has 0 spiro atoms. The SMILES string of the molecule is CC1CC(C)C(C)N(CCCC(CCN)C(C)(C)C)C1. The van der Waals surface area contributed by atoms with Crippen LogP contribution in [0.1, 0.15) is 67.2 Å². The third-order valence-electron chi connectivity index (χ3n) is 5.46. The van der Waals surface area contributed by atoms with E-state index >= 15 is 0 Å². The van der Waals surface area contributed by atoms with Crippen molar-refractivity contribution in [3.05, 3.63) is 0 Å². The minimum absolute atomic E-state index is 0.396. The summed E-state index contributed by atoms with van der Waals surface area (Å²) < 4.78 is 0. The van der Waals surface area contributed by atoms with Gasteiger partial charge < -0.3 is 10.6 Å². The number of rotatable bonds is 6. The third-order valence-corrected chi connectivity index (χ3v) is 5.46. The Bertz CT molecular complexity index is 269. The molecule has 20 heavy (non-hydrogen) atoms. The van der Waals surface area contributed by atoms with Gasteiger partial charge in [0.2, 0.25) is 0 Å². The van der Waals surface area contributed by atoms with Crippen LogP contribution in [0.15, 0.2) is 0 Å². The molecular formula is C18H38N2. The summed E-state index contributed by atoms with van der Waals surface area (Å²) in [6, 6.07) is 0.758. The summed E-state index contributed by atoms with van der Waals surface area (Å²) in [5.41, 5.74) is 6.18. The van der Waals surface area contributed by atoms with Crippen LogP contribution in [0.25, 0.3) is 0 Å². The Hall–Kier alpha value is -0.0800. The van der Waals surface area contributed by atoms with E-state index in [1.165, 1.54) is 38.8 Å². The number of nitrogens with zero attached hydrogens (tertiary/aromatic N) is 1. The standard InChI is InChI=1S/C18H38N2/c1-14-12-15(2)16(3)20(13-14)11-7-8-17(9-10-19)18(4,5)6/h14-17H,7-13,19H2,1-6H3. The predicted octanol–water partition coefficient (Wildman–Crippen LogP) is 4.14. The van der Waals surface area contributed by atoms with Crippen molar-refractivity contribution in [3.63, 3.8) is 0 Å². The molecular weight excluding hydrogens is 244 g/mol. The van der Waals surface area contributed by atoms with Gasteiger partial charge in [-0.15, -0.1) is 0 Å². The van der Waals surface area contributed by atoms with E-state index in [1.807, 2.05) is 0 Å². The predicted molar refractivity (Wildman–Crippen MR) is 89.8 cm³/mol. The van der Waals surface area contributed by atoms with Gasteiger partial charge in [-0.25, -0.2) is 0 Å². The van der Waals surface area contributed by atoms with E-state index in [1.54, 1.807) is 0 Å². The molecule has 1 aliphatic rings. The van der Waals surface area contributed by atoms with Gasteiger partial charge in [-0.3, -0.25) is 0 Å². The second-order valence-electron chi connectivity index (χ2n) is 8.34. The molecule has 1 rings (SSSR count). The molecule has 0 radical (unpaired) electrons. The van der Waals surface area contributed by atoms with Crippen LogP contribution in [0.2, 0.25) is 0 Å². The fourth-order valence-corrected chi connectivity index (χ4v) is 3.88. The van der Waals surface area contributed by atoms with Gasteiger partial charge >= 0.3 is 0 Å². The van der Waals surface area contributed by atoms with E-state index in [9.17, 15) is 0 Å². The molecule has 0 saturated carbocycles. The van der Waals surface area contributed by atoms with Gasteiger partial charge in [0.1, 0.15) is 0 Å². The van der Waals surface area contributed by atoms with Crippen molar-refractivity contribution >= 4 is 0 Å². The van der Waals surface area contributed by atoms with E-state index < -0.39 is 0 Å². The van der Waals surface area contributed by atoms with E-state index in [4.69, 9.17) is 5.73 Å². The van der Waals surface area contributed by atoms with Crippen molar-refractivity contribution in [1.29, 1.82) is 0 Å². The monoisotopic (exact) mass is 282 g/mol. The van der Waals surface area contributed by atoms with Crippen molar-refractivity contribution in [3.8, 4) is 0 Å². The number of piperidine rings is 1. The number of likely N-dealkylation sites (tertiary alicyclic amines) is 1. The molecule has 2 N–H and O–H groups in total. The zero-order valence-electron chi connectivity index (χ0n) is 14.8. The molecule has 1 fully saturated rings. The summed E-state index contributed by atoms with van der Waals surface area (Å²) in [5.74, 6) is 2.48. The van der Waals surface area contributed by atoms with Gasteiger partial charge in [0.15, 0.2) is 0 Å². The maximum atomic E-state index is 5.79. The van der Waals surface area contributed by atoms with Gasteiger partial charge in [-0.2, -0.15) is 0 Å². The highest BCUT2D eigenvalue weighted by molar-refractivity contribution is 4.82. The lowest BCUT2D eigenvalue weighted by atomic mass is 9.76. The van der Waals surface area contributed by atoms with Crippen molar-refractivity contribution in [1.82, 2.24) is 4.90 Å². The molecule has 0 amide bonds. The minimum atomic E-state index is 0.396. The Balaban J connectivity index is 2.41. The van der Waals surface area contributed by atoms with Crippen LogP contribution >= 0.6 is 0 Å². The van der Waals surface area contributed by atoms with Crippen LogP contribution in [0, 0.1) is 23.2 Å². The molecule has 2 nitrogen and oxygen atoms in total. The van der Waals surface area contributed by atoms with Crippen LogP contribution in [-0.2, 0) is 0 Å². The van der Waals surface area contributed by atoms with Crippen LogP contribution < -0.4 is 5.73 Å². The second-order valence-corrected chi connectivity index (χ2v) is 8.34. The van der Waals surface area contributed by atoms with Crippen LogP contribution in [0.3, 0.4) is 0 Å². The van der Waals surface area contributed by atoms with Crippen LogP contribution in [0.4, 0.5) is 0 Å². The van der Waals surface area contributed by atoms with Crippen molar-refractivity contribution in [2.24, 2.45) is 28.9 Å². The lowest BCUT2D eigenvalue weighted by Gasteiger charge is -2.41. The zero-order valence-corrected chi connectivity index (χ0v) is 14.8. The molecule has 0 aliphatic carbocycles. The number of nitrogens with two attached hydrogens (primary N) is 1. The Labute approximate surface area is 127 Å². The Morgan fingerprint density at radius 3 is 2.35 bits per heavy atom. The highest BCUT2D eigenvalue weighted by Crippen LogP contribution is 2.33. The maximum Gasteiger partial charge on any atom is 0.00927 e.